The Balaban J connectivity index is 1.47. The summed E-state index contributed by atoms with van der Waals surface area (Å²) < 4.78 is 23.0. The standard InChI is InChI=1S/C21H22FN9O2/c1-21(2,3)16-10-18(30(4)29-16)27-19(32)26-15-9-13(5-6-14(15)22)33-20-24-8-7-17(28-20)31-12-23-11-25-31/h5-12H,1-4H3,(H2,26,27,32). The van der Waals surface area contributed by atoms with E-state index in [4.69, 9.17) is 4.74 Å². The molecule has 3 heterocycles. The third-order valence-electron chi connectivity index (χ3n) is 4.56. The van der Waals surface area contributed by atoms with Crippen molar-refractivity contribution in [2.45, 2.75) is 26.2 Å². The lowest BCUT2D eigenvalue weighted by molar-refractivity contribution is 0.262. The van der Waals surface area contributed by atoms with Crippen LogP contribution in [0.5, 0.6) is 11.8 Å². The number of ether oxygens (including phenoxy) is 1. The lowest BCUT2D eigenvalue weighted by Gasteiger charge is -2.13. The van der Waals surface area contributed by atoms with Gasteiger partial charge < -0.3 is 10.1 Å². The molecule has 0 aliphatic carbocycles. The molecule has 1 aromatic carbocycles. The molecular weight excluding hydrogens is 429 g/mol. The van der Waals surface area contributed by atoms with Gasteiger partial charge in [0.25, 0.3) is 0 Å². The van der Waals surface area contributed by atoms with Crippen molar-refractivity contribution in [3.05, 3.63) is 60.7 Å². The molecule has 0 aliphatic heterocycles. The van der Waals surface area contributed by atoms with Crippen molar-refractivity contribution in [1.29, 1.82) is 0 Å². The Morgan fingerprint density at radius 1 is 1.15 bits per heavy atom. The summed E-state index contributed by atoms with van der Waals surface area (Å²) in [6.07, 6.45) is 4.35. The topological polar surface area (TPSA) is 125 Å². The number of halogens is 1. The van der Waals surface area contributed by atoms with E-state index >= 15 is 0 Å². The molecule has 2 amide bonds. The van der Waals surface area contributed by atoms with Crippen LogP contribution in [0.4, 0.5) is 20.7 Å². The average Bonchev–Trinajstić information content (AvgIpc) is 3.41. The predicted molar refractivity (Wildman–Crippen MR) is 118 cm³/mol. The summed E-state index contributed by atoms with van der Waals surface area (Å²) in [5, 5.41) is 13.6. The number of anilines is 2. The first-order valence-electron chi connectivity index (χ1n) is 9.97. The number of nitrogens with one attached hydrogen (secondary N) is 2. The van der Waals surface area contributed by atoms with Crippen LogP contribution in [0.15, 0.2) is 49.2 Å². The molecule has 0 radical (unpaired) electrons. The Morgan fingerprint density at radius 3 is 2.67 bits per heavy atom. The Kier molecular flexibility index (Phi) is 5.73. The van der Waals surface area contributed by atoms with Gasteiger partial charge in [-0.25, -0.2) is 23.8 Å². The van der Waals surface area contributed by atoms with Crippen molar-refractivity contribution in [2.24, 2.45) is 7.05 Å². The third kappa shape index (κ3) is 5.11. The van der Waals surface area contributed by atoms with E-state index in [1.165, 1.54) is 41.7 Å². The van der Waals surface area contributed by atoms with Crippen LogP contribution in [0.1, 0.15) is 26.5 Å². The third-order valence-corrected chi connectivity index (χ3v) is 4.56. The van der Waals surface area contributed by atoms with E-state index < -0.39 is 11.8 Å². The van der Waals surface area contributed by atoms with E-state index in [-0.39, 0.29) is 22.9 Å². The van der Waals surface area contributed by atoms with Crippen molar-refractivity contribution in [3.8, 4) is 17.6 Å². The van der Waals surface area contributed by atoms with Gasteiger partial charge in [-0.15, -0.1) is 0 Å². The summed E-state index contributed by atoms with van der Waals surface area (Å²) in [6, 6.07) is 6.72. The van der Waals surface area contributed by atoms with Crippen LogP contribution in [-0.2, 0) is 12.5 Å². The van der Waals surface area contributed by atoms with Crippen molar-refractivity contribution >= 4 is 17.5 Å². The molecule has 12 heteroatoms. The van der Waals surface area contributed by atoms with Crippen LogP contribution >= 0.6 is 0 Å². The van der Waals surface area contributed by atoms with E-state index in [0.29, 0.717) is 11.6 Å². The SMILES string of the molecule is Cn1nc(C(C)(C)C)cc1NC(=O)Nc1cc(Oc2nccc(-n3cncn3)n2)ccc1F. The normalized spacial score (nSPS) is 11.3. The molecule has 3 aromatic heterocycles. The maximum absolute atomic E-state index is 14.3. The van der Waals surface area contributed by atoms with Gasteiger partial charge in [-0.1, -0.05) is 20.8 Å². The minimum Gasteiger partial charge on any atom is -0.424 e. The van der Waals surface area contributed by atoms with E-state index in [0.717, 1.165) is 5.69 Å². The Labute approximate surface area is 188 Å². The number of carbonyl (C=O) groups is 1. The number of benzene rings is 1. The summed E-state index contributed by atoms with van der Waals surface area (Å²) in [4.78, 5) is 24.6. The molecule has 4 aromatic rings. The first-order chi connectivity index (χ1) is 15.7. The van der Waals surface area contributed by atoms with Crippen molar-refractivity contribution in [3.63, 3.8) is 0 Å². The predicted octanol–water partition coefficient (Wildman–Crippen LogP) is 3.66. The van der Waals surface area contributed by atoms with Gasteiger partial charge in [-0.3, -0.25) is 10.00 Å². The zero-order valence-electron chi connectivity index (χ0n) is 18.4. The molecule has 0 aliphatic rings. The highest BCUT2D eigenvalue weighted by Gasteiger charge is 2.20. The van der Waals surface area contributed by atoms with E-state index in [1.54, 1.807) is 23.9 Å². The quantitative estimate of drug-likeness (QED) is 0.474. The van der Waals surface area contributed by atoms with Gasteiger partial charge in [0.1, 0.15) is 30.0 Å². The lowest BCUT2D eigenvalue weighted by atomic mass is 9.92. The zero-order valence-corrected chi connectivity index (χ0v) is 18.4. The zero-order chi connectivity index (χ0) is 23.6. The highest BCUT2D eigenvalue weighted by molar-refractivity contribution is 5.99. The summed E-state index contributed by atoms with van der Waals surface area (Å²) in [5.74, 6) is 0.528. The van der Waals surface area contributed by atoms with E-state index in [2.05, 4.69) is 35.8 Å². The Bertz CT molecular complexity index is 1280. The minimum atomic E-state index is -0.629. The molecule has 0 saturated heterocycles. The van der Waals surface area contributed by atoms with Gasteiger partial charge in [0.05, 0.1) is 11.4 Å². The molecule has 0 fully saturated rings. The van der Waals surface area contributed by atoms with Gasteiger partial charge in [-0.2, -0.15) is 15.2 Å². The number of carbonyl (C=O) groups excluding carboxylic acids is 1. The van der Waals surface area contributed by atoms with Crippen LogP contribution < -0.4 is 15.4 Å². The van der Waals surface area contributed by atoms with Gasteiger partial charge in [0.2, 0.25) is 0 Å². The molecule has 0 spiro atoms. The molecular formula is C21H22FN9O2. The van der Waals surface area contributed by atoms with Crippen LogP contribution in [0, 0.1) is 5.82 Å². The minimum absolute atomic E-state index is 0.0228. The summed E-state index contributed by atoms with van der Waals surface area (Å²) in [6.45, 7) is 6.06. The molecule has 0 unspecified atom stereocenters. The summed E-state index contributed by atoms with van der Waals surface area (Å²) in [5.41, 5.74) is 0.560. The molecule has 2 N–H and O–H groups in total. The second kappa shape index (κ2) is 8.65. The number of hydrogen-bond acceptors (Lipinski definition) is 7. The van der Waals surface area contributed by atoms with Gasteiger partial charge >= 0.3 is 12.0 Å². The second-order valence-electron chi connectivity index (χ2n) is 8.15. The highest BCUT2D eigenvalue weighted by Crippen LogP contribution is 2.26. The van der Waals surface area contributed by atoms with Crippen molar-refractivity contribution < 1.29 is 13.9 Å². The van der Waals surface area contributed by atoms with Crippen LogP contribution in [0.25, 0.3) is 5.82 Å². The first-order valence-corrected chi connectivity index (χ1v) is 9.97. The molecule has 170 valence electrons. The monoisotopic (exact) mass is 451 g/mol. The smallest absolute Gasteiger partial charge is 0.324 e. The summed E-state index contributed by atoms with van der Waals surface area (Å²) >= 11 is 0. The fourth-order valence-corrected chi connectivity index (χ4v) is 2.82. The number of aryl methyl sites for hydroxylation is 1. The number of rotatable bonds is 5. The molecule has 4 rings (SSSR count). The number of aromatic nitrogens is 7. The molecule has 11 nitrogen and oxygen atoms in total. The molecule has 33 heavy (non-hydrogen) atoms. The van der Waals surface area contributed by atoms with Crippen LogP contribution in [-0.4, -0.2) is 40.5 Å². The van der Waals surface area contributed by atoms with Gasteiger partial charge in [0, 0.05) is 36.9 Å². The highest BCUT2D eigenvalue weighted by atomic mass is 19.1. The number of hydrogen-bond donors (Lipinski definition) is 2. The summed E-state index contributed by atoms with van der Waals surface area (Å²) in [7, 11) is 1.72. The largest absolute Gasteiger partial charge is 0.424 e. The average molecular weight is 451 g/mol. The lowest BCUT2D eigenvalue weighted by Crippen LogP contribution is -2.21. The Morgan fingerprint density at radius 2 is 1.97 bits per heavy atom. The number of amides is 2. The van der Waals surface area contributed by atoms with Crippen LogP contribution in [0.3, 0.4) is 0 Å². The molecule has 0 saturated carbocycles. The Hall–Kier alpha value is -4.35. The number of urea groups is 1. The number of nitrogens with zero attached hydrogens (tertiary/aromatic N) is 7. The second-order valence-corrected chi connectivity index (χ2v) is 8.15. The molecule has 0 atom stereocenters. The fraction of sp³-hybridized carbons (Fsp3) is 0.238. The first kappa shape index (κ1) is 21.9. The van der Waals surface area contributed by atoms with Crippen molar-refractivity contribution in [2.75, 3.05) is 10.6 Å². The fourth-order valence-electron chi connectivity index (χ4n) is 2.82. The maximum Gasteiger partial charge on any atom is 0.324 e. The van der Waals surface area contributed by atoms with E-state index in [1.807, 2.05) is 20.8 Å². The maximum atomic E-state index is 14.3. The molecule has 0 bridgehead atoms. The van der Waals surface area contributed by atoms with Gasteiger partial charge in [-0.05, 0) is 12.1 Å². The van der Waals surface area contributed by atoms with Gasteiger partial charge in [0.15, 0.2) is 5.82 Å². The van der Waals surface area contributed by atoms with Crippen LogP contribution in [0.2, 0.25) is 0 Å². The van der Waals surface area contributed by atoms with Crippen molar-refractivity contribution in [1.82, 2.24) is 34.5 Å². The van der Waals surface area contributed by atoms with E-state index in [9.17, 15) is 9.18 Å².